The topological polar surface area (TPSA) is 55.3 Å². The van der Waals surface area contributed by atoms with Gasteiger partial charge in [0.05, 0.1) is 33.4 Å². The molecule has 1 aromatic carbocycles. The lowest BCUT2D eigenvalue weighted by atomic mass is 10.1. The molecule has 0 fully saturated rings. The fraction of sp³-hybridized carbons (Fsp3) is 0.467. The Labute approximate surface area is 115 Å². The first-order chi connectivity index (χ1) is 9.33. The molecular weight excluding hydrogens is 242 g/mol. The van der Waals surface area contributed by atoms with Crippen molar-refractivity contribution in [1.29, 1.82) is 0 Å². The first-order valence-corrected chi connectivity index (χ1v) is 6.65. The lowest BCUT2D eigenvalue weighted by Crippen LogP contribution is -2.85. The van der Waals surface area contributed by atoms with Crippen LogP contribution in [0.2, 0.25) is 0 Å². The van der Waals surface area contributed by atoms with Gasteiger partial charge in [0.1, 0.15) is 0 Å². The van der Waals surface area contributed by atoms with E-state index in [1.54, 1.807) is 7.11 Å². The molecule has 106 valence electrons. The number of ether oxygens (including phenoxy) is 2. The minimum absolute atomic E-state index is 0.219. The zero-order valence-corrected chi connectivity index (χ0v) is 11.6. The van der Waals surface area contributed by atoms with Gasteiger partial charge in [-0.1, -0.05) is 18.2 Å². The van der Waals surface area contributed by atoms with Gasteiger partial charge in [-0.05, 0) is 12.5 Å². The van der Waals surface area contributed by atoms with Crippen LogP contribution in [0.5, 0.6) is 11.5 Å². The molecule has 1 rings (SSSR count). The van der Waals surface area contributed by atoms with Crippen molar-refractivity contribution in [3.05, 3.63) is 36.4 Å². The van der Waals surface area contributed by atoms with Crippen molar-refractivity contribution in [2.24, 2.45) is 0 Å². The zero-order chi connectivity index (χ0) is 13.9. The maximum atomic E-state index is 8.68. The van der Waals surface area contributed by atoms with Gasteiger partial charge in [0.2, 0.25) is 0 Å². The highest BCUT2D eigenvalue weighted by Gasteiger charge is 2.09. The number of aliphatic hydroxyl groups is 1. The predicted octanol–water partition coefficient (Wildman–Crippen LogP) is 0.748. The molecule has 0 amide bonds. The van der Waals surface area contributed by atoms with Gasteiger partial charge in [-0.3, -0.25) is 0 Å². The number of methoxy groups -OCH3 is 1. The van der Waals surface area contributed by atoms with E-state index in [-0.39, 0.29) is 6.61 Å². The normalized spacial score (nSPS) is 10.2. The second kappa shape index (κ2) is 9.42. The van der Waals surface area contributed by atoms with Crippen molar-refractivity contribution >= 4 is 0 Å². The zero-order valence-electron chi connectivity index (χ0n) is 11.6. The Hall–Kier alpha value is -1.52. The Bertz CT molecular complexity index is 380. The molecule has 0 bridgehead atoms. The van der Waals surface area contributed by atoms with Crippen LogP contribution in [0.4, 0.5) is 0 Å². The van der Waals surface area contributed by atoms with Crippen molar-refractivity contribution in [1.82, 2.24) is 0 Å². The molecule has 0 aliphatic carbocycles. The molecule has 0 aromatic heterocycles. The van der Waals surface area contributed by atoms with E-state index in [0.717, 1.165) is 43.0 Å². The summed E-state index contributed by atoms with van der Waals surface area (Å²) in [4.78, 5) is 0. The third kappa shape index (κ3) is 5.32. The summed E-state index contributed by atoms with van der Waals surface area (Å²) in [6, 6.07) is 5.89. The molecule has 19 heavy (non-hydrogen) atoms. The van der Waals surface area contributed by atoms with Gasteiger partial charge in [-0.25, -0.2) is 0 Å². The Morgan fingerprint density at radius 2 is 2.21 bits per heavy atom. The molecule has 0 saturated carbocycles. The molecule has 3 N–H and O–H groups in total. The number of rotatable bonds is 10. The Balaban J connectivity index is 2.52. The summed E-state index contributed by atoms with van der Waals surface area (Å²) in [7, 11) is 1.65. The molecule has 0 aliphatic rings. The molecule has 0 unspecified atom stereocenters. The number of para-hydroxylation sites is 1. The molecule has 4 nitrogen and oxygen atoms in total. The maximum absolute atomic E-state index is 8.68. The summed E-state index contributed by atoms with van der Waals surface area (Å²) in [6.45, 7) is 6.32. The lowest BCUT2D eigenvalue weighted by Gasteiger charge is -2.14. The Morgan fingerprint density at radius 1 is 1.37 bits per heavy atom. The Morgan fingerprint density at radius 3 is 2.89 bits per heavy atom. The average Bonchev–Trinajstić information content (AvgIpc) is 2.44. The molecular formula is C15H24NO3+. The summed E-state index contributed by atoms with van der Waals surface area (Å²) >= 11 is 0. The average molecular weight is 266 g/mol. The number of aliphatic hydroxyl groups excluding tert-OH is 1. The summed E-state index contributed by atoms with van der Waals surface area (Å²) in [5, 5.41) is 10.8. The minimum atomic E-state index is 0.219. The van der Waals surface area contributed by atoms with Crippen molar-refractivity contribution in [2.45, 2.75) is 12.8 Å². The highest BCUT2D eigenvalue weighted by Crippen LogP contribution is 2.31. The molecule has 4 heteroatoms. The standard InChI is InChI=1S/C15H23NO3/c1-3-6-13-7-4-8-14(18-2)15(13)19-12-5-9-16-10-11-17/h3-4,7-8,16-17H,1,5-6,9-12H2,2H3/p+1. The Kier molecular flexibility index (Phi) is 7.70. The van der Waals surface area contributed by atoms with Gasteiger partial charge in [-0.15, -0.1) is 6.58 Å². The van der Waals surface area contributed by atoms with Gasteiger partial charge in [0.15, 0.2) is 11.5 Å². The largest absolute Gasteiger partial charge is 0.493 e. The van der Waals surface area contributed by atoms with Crippen molar-refractivity contribution in [3.8, 4) is 11.5 Å². The molecule has 0 atom stereocenters. The number of hydrogen-bond donors (Lipinski definition) is 2. The van der Waals surface area contributed by atoms with E-state index in [9.17, 15) is 0 Å². The van der Waals surface area contributed by atoms with Crippen LogP contribution in [0.3, 0.4) is 0 Å². The van der Waals surface area contributed by atoms with Crippen molar-refractivity contribution in [3.63, 3.8) is 0 Å². The summed E-state index contributed by atoms with van der Waals surface area (Å²) in [6.07, 6.45) is 3.56. The van der Waals surface area contributed by atoms with Crippen LogP contribution in [-0.4, -0.2) is 38.5 Å². The second-order valence-electron chi connectivity index (χ2n) is 4.23. The predicted molar refractivity (Wildman–Crippen MR) is 75.8 cm³/mol. The highest BCUT2D eigenvalue weighted by molar-refractivity contribution is 5.47. The maximum Gasteiger partial charge on any atom is 0.164 e. The smallest absolute Gasteiger partial charge is 0.164 e. The van der Waals surface area contributed by atoms with Crippen LogP contribution in [-0.2, 0) is 6.42 Å². The molecule has 0 aliphatic heterocycles. The van der Waals surface area contributed by atoms with Gasteiger partial charge in [0, 0.05) is 12.0 Å². The van der Waals surface area contributed by atoms with Crippen LogP contribution in [0, 0.1) is 0 Å². The van der Waals surface area contributed by atoms with E-state index in [1.807, 2.05) is 24.3 Å². The minimum Gasteiger partial charge on any atom is -0.493 e. The van der Waals surface area contributed by atoms with E-state index < -0.39 is 0 Å². The first kappa shape index (κ1) is 15.5. The highest BCUT2D eigenvalue weighted by atomic mass is 16.5. The molecule has 0 saturated heterocycles. The monoisotopic (exact) mass is 266 g/mol. The van der Waals surface area contributed by atoms with Gasteiger partial charge in [-0.2, -0.15) is 0 Å². The fourth-order valence-corrected chi connectivity index (χ4v) is 1.84. The van der Waals surface area contributed by atoms with Crippen LogP contribution >= 0.6 is 0 Å². The molecule has 0 spiro atoms. The lowest BCUT2D eigenvalue weighted by molar-refractivity contribution is -0.656. The van der Waals surface area contributed by atoms with Crippen LogP contribution < -0.4 is 14.8 Å². The number of hydrogen-bond acceptors (Lipinski definition) is 3. The van der Waals surface area contributed by atoms with E-state index >= 15 is 0 Å². The first-order valence-electron chi connectivity index (χ1n) is 6.65. The van der Waals surface area contributed by atoms with Crippen LogP contribution in [0.1, 0.15) is 12.0 Å². The number of benzene rings is 1. The second-order valence-corrected chi connectivity index (χ2v) is 4.23. The summed E-state index contributed by atoms with van der Waals surface area (Å²) in [5.74, 6) is 1.57. The van der Waals surface area contributed by atoms with Crippen molar-refractivity contribution in [2.75, 3.05) is 33.4 Å². The SMILES string of the molecule is C=CCc1cccc(OC)c1OCCC[NH2+]CCO. The van der Waals surface area contributed by atoms with Crippen LogP contribution in [0.25, 0.3) is 0 Å². The van der Waals surface area contributed by atoms with Gasteiger partial charge in [0.25, 0.3) is 0 Å². The van der Waals surface area contributed by atoms with E-state index in [4.69, 9.17) is 14.6 Å². The van der Waals surface area contributed by atoms with Crippen molar-refractivity contribution < 1.29 is 19.9 Å². The molecule has 1 aromatic rings. The van der Waals surface area contributed by atoms with E-state index in [0.29, 0.717) is 6.61 Å². The summed E-state index contributed by atoms with van der Waals surface area (Å²) in [5.41, 5.74) is 1.09. The molecule has 0 radical (unpaired) electrons. The van der Waals surface area contributed by atoms with E-state index in [2.05, 4.69) is 11.9 Å². The number of allylic oxidation sites excluding steroid dienone is 1. The number of quaternary nitrogens is 1. The van der Waals surface area contributed by atoms with Crippen LogP contribution in [0.15, 0.2) is 30.9 Å². The molecule has 0 heterocycles. The third-order valence-electron chi connectivity index (χ3n) is 2.78. The quantitative estimate of drug-likeness (QED) is 0.485. The number of nitrogens with two attached hydrogens (primary N) is 1. The van der Waals surface area contributed by atoms with E-state index in [1.165, 1.54) is 0 Å². The van der Waals surface area contributed by atoms with Gasteiger partial charge < -0.3 is 19.9 Å². The third-order valence-corrected chi connectivity index (χ3v) is 2.78. The summed E-state index contributed by atoms with van der Waals surface area (Å²) < 4.78 is 11.2. The van der Waals surface area contributed by atoms with Gasteiger partial charge >= 0.3 is 0 Å². The fourth-order valence-electron chi connectivity index (χ4n) is 1.84.